The molecule has 0 bridgehead atoms. The van der Waals surface area contributed by atoms with Gasteiger partial charge in [0.05, 0.1) is 0 Å². The molecule has 136 valence electrons. The summed E-state index contributed by atoms with van der Waals surface area (Å²) < 4.78 is 5.37. The van der Waals surface area contributed by atoms with Crippen molar-refractivity contribution in [2.24, 2.45) is 0 Å². The molecule has 0 aliphatic heterocycles. The summed E-state index contributed by atoms with van der Waals surface area (Å²) in [6, 6.07) is 15.7. The van der Waals surface area contributed by atoms with E-state index in [1.54, 1.807) is 6.07 Å². The smallest absolute Gasteiger partial charge is 0.336 e. The van der Waals surface area contributed by atoms with Gasteiger partial charge in [0.25, 0.3) is 0 Å². The highest BCUT2D eigenvalue weighted by Crippen LogP contribution is 2.26. The Bertz CT molecular complexity index is 1150. The van der Waals surface area contributed by atoms with Gasteiger partial charge in [0, 0.05) is 22.8 Å². The average molecular weight is 377 g/mol. The number of H-pyrrole nitrogens is 1. The molecule has 2 aromatic carbocycles. The van der Waals surface area contributed by atoms with Gasteiger partial charge in [0.1, 0.15) is 5.58 Å². The summed E-state index contributed by atoms with van der Waals surface area (Å²) >= 11 is 1.49. The topological polar surface area (TPSA) is 71.8 Å². The second kappa shape index (κ2) is 7.40. The van der Waals surface area contributed by atoms with Gasteiger partial charge in [0.2, 0.25) is 5.16 Å². The van der Waals surface area contributed by atoms with Crippen molar-refractivity contribution in [3.8, 4) is 11.4 Å². The zero-order chi connectivity index (χ0) is 18.8. The lowest BCUT2D eigenvalue weighted by molar-refractivity contribution is 0.559. The Balaban J connectivity index is 1.57. The molecule has 4 rings (SSSR count). The van der Waals surface area contributed by atoms with E-state index in [1.807, 2.05) is 36.4 Å². The van der Waals surface area contributed by atoms with E-state index in [0.29, 0.717) is 16.5 Å². The molecule has 2 heterocycles. The van der Waals surface area contributed by atoms with E-state index in [-0.39, 0.29) is 5.63 Å². The number of aromatic amines is 1. The van der Waals surface area contributed by atoms with E-state index in [4.69, 9.17) is 4.42 Å². The highest BCUT2D eigenvalue weighted by molar-refractivity contribution is 7.98. The van der Waals surface area contributed by atoms with Crippen LogP contribution in [0.5, 0.6) is 0 Å². The summed E-state index contributed by atoms with van der Waals surface area (Å²) in [4.78, 5) is 16.5. The van der Waals surface area contributed by atoms with Crippen molar-refractivity contribution in [3.05, 3.63) is 75.6 Å². The Morgan fingerprint density at radius 2 is 1.93 bits per heavy atom. The predicted octanol–water partition coefficient (Wildman–Crippen LogP) is 4.74. The molecule has 0 saturated heterocycles. The van der Waals surface area contributed by atoms with Crippen LogP contribution in [-0.2, 0) is 12.2 Å². The molecule has 0 atom stereocenters. The molecule has 1 N–H and O–H groups in total. The highest BCUT2D eigenvalue weighted by Gasteiger charge is 2.10. The van der Waals surface area contributed by atoms with Crippen molar-refractivity contribution in [2.45, 2.75) is 31.2 Å². The Morgan fingerprint density at radius 1 is 1.11 bits per heavy atom. The number of aryl methyl sites for hydroxylation is 2. The van der Waals surface area contributed by atoms with Crippen LogP contribution in [0.2, 0.25) is 0 Å². The molecule has 2 aromatic heterocycles. The molecule has 0 radical (unpaired) electrons. The first-order valence-electron chi connectivity index (χ1n) is 8.80. The van der Waals surface area contributed by atoms with E-state index >= 15 is 0 Å². The van der Waals surface area contributed by atoms with E-state index in [0.717, 1.165) is 34.3 Å². The van der Waals surface area contributed by atoms with Gasteiger partial charge >= 0.3 is 5.63 Å². The van der Waals surface area contributed by atoms with Crippen LogP contribution in [0.25, 0.3) is 22.4 Å². The van der Waals surface area contributed by atoms with E-state index < -0.39 is 0 Å². The maximum Gasteiger partial charge on any atom is 0.336 e. The summed E-state index contributed by atoms with van der Waals surface area (Å²) in [5.41, 5.74) is 4.57. The van der Waals surface area contributed by atoms with Gasteiger partial charge in [-0.05, 0) is 30.5 Å². The number of thioether (sulfide) groups is 1. The summed E-state index contributed by atoms with van der Waals surface area (Å²) in [5, 5.41) is 8.87. The Morgan fingerprint density at radius 3 is 2.70 bits per heavy atom. The van der Waals surface area contributed by atoms with Crippen LogP contribution in [0.15, 0.2) is 62.9 Å². The second-order valence-corrected chi connectivity index (χ2v) is 7.34. The first-order chi connectivity index (χ1) is 13.1. The highest BCUT2D eigenvalue weighted by atomic mass is 32.2. The number of nitrogens with one attached hydrogen (secondary N) is 1. The number of rotatable bonds is 5. The summed E-state index contributed by atoms with van der Waals surface area (Å²) in [7, 11) is 0. The fourth-order valence-electron chi connectivity index (χ4n) is 2.91. The number of aromatic nitrogens is 3. The minimum atomic E-state index is -0.332. The minimum Gasteiger partial charge on any atom is -0.423 e. The van der Waals surface area contributed by atoms with E-state index in [1.165, 1.54) is 17.3 Å². The Hall–Kier alpha value is -2.86. The van der Waals surface area contributed by atoms with Gasteiger partial charge in [-0.3, -0.25) is 5.10 Å². The molecule has 0 aliphatic carbocycles. The molecule has 5 nitrogen and oxygen atoms in total. The van der Waals surface area contributed by atoms with Gasteiger partial charge < -0.3 is 4.42 Å². The monoisotopic (exact) mass is 377 g/mol. The van der Waals surface area contributed by atoms with Crippen molar-refractivity contribution < 1.29 is 4.42 Å². The van der Waals surface area contributed by atoms with E-state index in [9.17, 15) is 4.79 Å². The van der Waals surface area contributed by atoms with Gasteiger partial charge in [-0.25, -0.2) is 9.78 Å². The van der Waals surface area contributed by atoms with Crippen LogP contribution in [0, 0.1) is 6.92 Å². The first-order valence-corrected chi connectivity index (χ1v) is 9.79. The van der Waals surface area contributed by atoms with Crippen LogP contribution in [-0.4, -0.2) is 15.2 Å². The normalized spacial score (nSPS) is 11.2. The average Bonchev–Trinajstić information content (AvgIpc) is 3.15. The van der Waals surface area contributed by atoms with Gasteiger partial charge in [-0.15, -0.1) is 5.10 Å². The minimum absolute atomic E-state index is 0.332. The van der Waals surface area contributed by atoms with Gasteiger partial charge in [-0.2, -0.15) is 0 Å². The van der Waals surface area contributed by atoms with Crippen molar-refractivity contribution in [3.63, 3.8) is 0 Å². The maximum atomic E-state index is 11.9. The maximum absolute atomic E-state index is 11.9. The largest absolute Gasteiger partial charge is 0.423 e. The van der Waals surface area contributed by atoms with Crippen LogP contribution in [0.4, 0.5) is 0 Å². The summed E-state index contributed by atoms with van der Waals surface area (Å²) in [5.74, 6) is 1.33. The number of fused-ring (bicyclic) bond motifs is 1. The third kappa shape index (κ3) is 3.80. The van der Waals surface area contributed by atoms with Crippen LogP contribution in [0.3, 0.4) is 0 Å². The molecular formula is C21H19N3O2S. The van der Waals surface area contributed by atoms with Crippen molar-refractivity contribution in [2.75, 3.05) is 0 Å². The van der Waals surface area contributed by atoms with Crippen molar-refractivity contribution in [1.82, 2.24) is 15.2 Å². The molecule has 0 amide bonds. The zero-order valence-electron chi connectivity index (χ0n) is 15.2. The predicted molar refractivity (Wildman–Crippen MR) is 108 cm³/mol. The SMILES string of the molecule is CCc1ccc2c(CSc3n[nH]c(-c4ccc(C)cc4)n3)cc(=O)oc2c1. The molecule has 0 unspecified atom stereocenters. The van der Waals surface area contributed by atoms with Crippen molar-refractivity contribution in [1.29, 1.82) is 0 Å². The van der Waals surface area contributed by atoms with Crippen LogP contribution >= 0.6 is 11.8 Å². The Labute approximate surface area is 160 Å². The summed E-state index contributed by atoms with van der Waals surface area (Å²) in [6.45, 7) is 4.13. The number of hydrogen-bond donors (Lipinski definition) is 1. The summed E-state index contributed by atoms with van der Waals surface area (Å²) in [6.07, 6.45) is 0.900. The standard InChI is InChI=1S/C21H19N3O2S/c1-3-14-6-9-17-16(11-19(25)26-18(17)10-14)12-27-21-22-20(23-24-21)15-7-4-13(2)5-8-15/h4-11H,3,12H2,1-2H3,(H,22,23,24). The molecule has 0 fully saturated rings. The van der Waals surface area contributed by atoms with Gasteiger partial charge in [0.15, 0.2) is 5.82 Å². The lowest BCUT2D eigenvalue weighted by atomic mass is 10.1. The fraction of sp³-hybridized carbons (Fsp3) is 0.190. The van der Waals surface area contributed by atoms with Crippen molar-refractivity contribution >= 4 is 22.7 Å². The van der Waals surface area contributed by atoms with Crippen LogP contribution < -0.4 is 5.63 Å². The number of nitrogens with zero attached hydrogens (tertiary/aromatic N) is 2. The lowest BCUT2D eigenvalue weighted by Crippen LogP contribution is -2.00. The number of hydrogen-bond acceptors (Lipinski definition) is 5. The quantitative estimate of drug-likeness (QED) is 0.402. The van der Waals surface area contributed by atoms with Gasteiger partial charge in [-0.1, -0.05) is 60.6 Å². The third-order valence-corrected chi connectivity index (χ3v) is 5.35. The fourth-order valence-corrected chi connectivity index (χ4v) is 3.70. The van der Waals surface area contributed by atoms with E-state index in [2.05, 4.69) is 35.1 Å². The molecule has 0 spiro atoms. The molecular weight excluding hydrogens is 358 g/mol. The second-order valence-electron chi connectivity index (χ2n) is 6.40. The molecule has 0 saturated carbocycles. The molecule has 27 heavy (non-hydrogen) atoms. The zero-order valence-corrected chi connectivity index (χ0v) is 16.0. The Kier molecular flexibility index (Phi) is 4.81. The number of benzene rings is 2. The lowest BCUT2D eigenvalue weighted by Gasteiger charge is -2.05. The van der Waals surface area contributed by atoms with Crippen LogP contribution in [0.1, 0.15) is 23.6 Å². The molecule has 6 heteroatoms. The third-order valence-electron chi connectivity index (χ3n) is 4.45. The molecule has 0 aliphatic rings. The molecule has 4 aromatic rings. The first kappa shape index (κ1) is 17.5.